The number of piperidine rings is 1. The van der Waals surface area contributed by atoms with E-state index >= 15 is 0 Å². The molecule has 1 amide bonds. The number of nitrogens with one attached hydrogen (secondary N) is 1. The topological polar surface area (TPSA) is 41.6 Å². The molecule has 1 spiro atoms. The highest BCUT2D eigenvalue weighted by molar-refractivity contribution is 5.79. The number of rotatable bonds is 6. The normalized spacial score (nSPS) is 32.6. The van der Waals surface area contributed by atoms with E-state index in [0.29, 0.717) is 25.7 Å². The zero-order chi connectivity index (χ0) is 18.1. The largest absolute Gasteiger partial charge is 0.384 e. The zero-order valence-corrected chi connectivity index (χ0v) is 15.5. The van der Waals surface area contributed by atoms with E-state index in [2.05, 4.69) is 17.3 Å². The highest BCUT2D eigenvalue weighted by Crippen LogP contribution is 2.49. The number of likely N-dealkylation sites (tertiary alicyclic amines) is 1. The molecule has 25 heavy (non-hydrogen) atoms. The van der Waals surface area contributed by atoms with Crippen LogP contribution in [0.1, 0.15) is 57.8 Å². The van der Waals surface area contributed by atoms with Crippen LogP contribution < -0.4 is 5.32 Å². The lowest BCUT2D eigenvalue weighted by atomic mass is 9.80. The zero-order valence-electron chi connectivity index (χ0n) is 15.5. The van der Waals surface area contributed by atoms with Crippen molar-refractivity contribution < 1.29 is 18.3 Å². The molecular weight excluding hydrogens is 326 g/mol. The summed E-state index contributed by atoms with van der Waals surface area (Å²) in [6.45, 7) is 1.08. The van der Waals surface area contributed by atoms with Gasteiger partial charge in [0, 0.05) is 36.9 Å². The van der Waals surface area contributed by atoms with Gasteiger partial charge in [-0.05, 0) is 65.0 Å². The van der Waals surface area contributed by atoms with Crippen LogP contribution in [0.4, 0.5) is 8.78 Å². The van der Waals surface area contributed by atoms with Crippen molar-refractivity contribution in [3.8, 4) is 0 Å². The molecule has 2 saturated carbocycles. The third-order valence-corrected chi connectivity index (χ3v) is 6.76. The van der Waals surface area contributed by atoms with Crippen LogP contribution in [0.3, 0.4) is 0 Å². The van der Waals surface area contributed by atoms with Crippen LogP contribution in [-0.4, -0.2) is 55.6 Å². The average molecular weight is 358 g/mol. The van der Waals surface area contributed by atoms with Gasteiger partial charge in [0.2, 0.25) is 5.91 Å². The van der Waals surface area contributed by atoms with Crippen molar-refractivity contribution in [1.29, 1.82) is 0 Å². The lowest BCUT2D eigenvalue weighted by Gasteiger charge is -2.38. The van der Waals surface area contributed by atoms with Crippen LogP contribution in [0, 0.1) is 11.8 Å². The Morgan fingerprint density at radius 3 is 2.52 bits per heavy atom. The molecule has 144 valence electrons. The Bertz CT molecular complexity index is 474. The number of nitrogens with zero attached hydrogens (tertiary/aromatic N) is 1. The summed E-state index contributed by atoms with van der Waals surface area (Å²) in [6, 6.07) is 0.0665. The van der Waals surface area contributed by atoms with Crippen LogP contribution in [0.25, 0.3) is 0 Å². The van der Waals surface area contributed by atoms with E-state index in [0.717, 1.165) is 19.4 Å². The first-order valence-electron chi connectivity index (χ1n) is 9.75. The van der Waals surface area contributed by atoms with Gasteiger partial charge in [-0.2, -0.15) is 0 Å². The molecule has 4 nitrogen and oxygen atoms in total. The molecule has 0 aromatic carbocycles. The second kappa shape index (κ2) is 7.47. The number of carbonyl (C=O) groups excluding carboxylic acids is 1. The van der Waals surface area contributed by atoms with Gasteiger partial charge in [0.1, 0.15) is 0 Å². The monoisotopic (exact) mass is 358 g/mol. The molecule has 3 aliphatic rings. The lowest BCUT2D eigenvalue weighted by molar-refractivity contribution is -0.128. The number of carbonyl (C=O) groups is 1. The number of halogens is 2. The minimum atomic E-state index is -2.66. The van der Waals surface area contributed by atoms with E-state index in [1.807, 2.05) is 0 Å². The summed E-state index contributed by atoms with van der Waals surface area (Å²) in [4.78, 5) is 15.0. The molecule has 0 radical (unpaired) electrons. The molecule has 1 unspecified atom stereocenters. The van der Waals surface area contributed by atoms with Gasteiger partial charge in [-0.25, -0.2) is 8.78 Å². The number of alkyl halides is 2. The molecule has 3 rings (SSSR count). The Hall–Kier alpha value is -0.750. The van der Waals surface area contributed by atoms with E-state index in [-0.39, 0.29) is 36.4 Å². The van der Waals surface area contributed by atoms with Crippen LogP contribution in [0.15, 0.2) is 0 Å². The summed E-state index contributed by atoms with van der Waals surface area (Å²) in [5.41, 5.74) is 0.279. The van der Waals surface area contributed by atoms with E-state index in [4.69, 9.17) is 4.74 Å². The van der Waals surface area contributed by atoms with Crippen LogP contribution in [0.5, 0.6) is 0 Å². The van der Waals surface area contributed by atoms with Crippen molar-refractivity contribution in [2.75, 3.05) is 27.3 Å². The number of hydrogen-bond acceptors (Lipinski definition) is 3. The SMILES string of the molecule is COCCC(F)(F)C1CCC(NC(=O)C2CCN(C)C3(CC3)C2)CC1. The smallest absolute Gasteiger partial charge is 0.253 e. The number of methoxy groups -OCH3 is 1. The summed E-state index contributed by atoms with van der Waals surface area (Å²) in [5, 5.41) is 3.16. The molecule has 0 bridgehead atoms. The first-order valence-corrected chi connectivity index (χ1v) is 9.75. The number of amides is 1. The van der Waals surface area contributed by atoms with Gasteiger partial charge in [-0.3, -0.25) is 4.79 Å². The van der Waals surface area contributed by atoms with Crippen molar-refractivity contribution in [3.05, 3.63) is 0 Å². The minimum Gasteiger partial charge on any atom is -0.384 e. The van der Waals surface area contributed by atoms with Gasteiger partial charge >= 0.3 is 0 Å². The highest BCUT2D eigenvalue weighted by atomic mass is 19.3. The average Bonchev–Trinajstić information content (AvgIpc) is 3.36. The Labute approximate surface area is 149 Å². The second-order valence-corrected chi connectivity index (χ2v) is 8.40. The Morgan fingerprint density at radius 2 is 1.92 bits per heavy atom. The third kappa shape index (κ3) is 4.33. The molecule has 0 aromatic heterocycles. The molecule has 1 saturated heterocycles. The fraction of sp³-hybridized carbons (Fsp3) is 0.947. The molecular formula is C19H32F2N2O2. The summed E-state index contributed by atoms with van der Waals surface area (Å²) in [6.07, 6.45) is 6.37. The Kier molecular flexibility index (Phi) is 5.69. The van der Waals surface area contributed by atoms with E-state index in [1.165, 1.54) is 20.0 Å². The third-order valence-electron chi connectivity index (χ3n) is 6.76. The van der Waals surface area contributed by atoms with Crippen LogP contribution >= 0.6 is 0 Å². The predicted octanol–water partition coefficient (Wildman–Crippen LogP) is 3.21. The summed E-state index contributed by atoms with van der Waals surface area (Å²) in [5.74, 6) is -2.99. The van der Waals surface area contributed by atoms with Gasteiger partial charge in [0.05, 0.1) is 6.61 Å². The van der Waals surface area contributed by atoms with Gasteiger partial charge in [0.15, 0.2) is 0 Å². The van der Waals surface area contributed by atoms with E-state index in [9.17, 15) is 13.6 Å². The first kappa shape index (κ1) is 19.0. The molecule has 3 fully saturated rings. The lowest BCUT2D eigenvalue weighted by Crippen LogP contribution is -2.49. The summed E-state index contributed by atoms with van der Waals surface area (Å²) in [7, 11) is 3.61. The van der Waals surface area contributed by atoms with Crippen molar-refractivity contribution >= 4 is 5.91 Å². The molecule has 1 aliphatic heterocycles. The van der Waals surface area contributed by atoms with Crippen molar-refractivity contribution in [2.45, 2.75) is 75.3 Å². The molecule has 1 atom stereocenters. The van der Waals surface area contributed by atoms with Crippen LogP contribution in [-0.2, 0) is 9.53 Å². The van der Waals surface area contributed by atoms with Gasteiger partial charge in [0.25, 0.3) is 5.92 Å². The molecule has 6 heteroatoms. The second-order valence-electron chi connectivity index (χ2n) is 8.40. The van der Waals surface area contributed by atoms with E-state index in [1.54, 1.807) is 0 Å². The van der Waals surface area contributed by atoms with Crippen molar-refractivity contribution in [3.63, 3.8) is 0 Å². The summed E-state index contributed by atoms with van der Waals surface area (Å²) >= 11 is 0. The predicted molar refractivity (Wildman–Crippen MR) is 92.6 cm³/mol. The highest BCUT2D eigenvalue weighted by Gasteiger charge is 2.51. The van der Waals surface area contributed by atoms with Crippen LogP contribution in [0.2, 0.25) is 0 Å². The first-order chi connectivity index (χ1) is 11.9. The van der Waals surface area contributed by atoms with E-state index < -0.39 is 11.8 Å². The maximum Gasteiger partial charge on any atom is 0.253 e. The standard InChI is InChI=1S/C19H32F2N2O2/c1-23-11-7-14(13-18(23)8-9-18)17(24)22-16-5-3-15(4-6-16)19(20,21)10-12-25-2/h14-16H,3-13H2,1-2H3,(H,22,24). The van der Waals surface area contributed by atoms with Gasteiger partial charge in [-0.15, -0.1) is 0 Å². The number of ether oxygens (including phenoxy) is 1. The fourth-order valence-electron chi connectivity index (χ4n) is 4.68. The molecule has 0 aromatic rings. The van der Waals surface area contributed by atoms with Crippen molar-refractivity contribution in [2.24, 2.45) is 11.8 Å². The fourth-order valence-corrected chi connectivity index (χ4v) is 4.68. The molecule has 1 N–H and O–H groups in total. The molecule has 1 heterocycles. The maximum absolute atomic E-state index is 14.1. The van der Waals surface area contributed by atoms with Crippen molar-refractivity contribution in [1.82, 2.24) is 10.2 Å². The minimum absolute atomic E-state index is 0.0665. The quantitative estimate of drug-likeness (QED) is 0.793. The maximum atomic E-state index is 14.1. The summed E-state index contributed by atoms with van der Waals surface area (Å²) < 4.78 is 33.1. The number of hydrogen-bond donors (Lipinski definition) is 1. The van der Waals surface area contributed by atoms with Gasteiger partial charge < -0.3 is 15.0 Å². The van der Waals surface area contributed by atoms with Gasteiger partial charge in [-0.1, -0.05) is 0 Å². The Morgan fingerprint density at radius 1 is 1.24 bits per heavy atom. The molecule has 2 aliphatic carbocycles. The Balaban J connectivity index is 1.44.